The van der Waals surface area contributed by atoms with Gasteiger partial charge in [-0.05, 0) is 49.5 Å². The highest BCUT2D eigenvalue weighted by molar-refractivity contribution is 5.62. The first-order valence-corrected chi connectivity index (χ1v) is 5.72. The lowest BCUT2D eigenvalue weighted by molar-refractivity contribution is -0.110. The maximum Gasteiger partial charge on any atom is 0.127 e. The van der Waals surface area contributed by atoms with Crippen molar-refractivity contribution >= 4 is 6.29 Å². The predicted octanol–water partition coefficient (Wildman–Crippen LogP) is 2.11. The Bertz CT molecular complexity index is 343. The SMILES string of the molecule is O=CC(c1ccc(F)cc1)C1CCNCC1. The fraction of sp³-hybridized carbons (Fsp3) is 0.462. The second-order valence-electron chi connectivity index (χ2n) is 4.30. The van der Waals surface area contributed by atoms with Crippen LogP contribution in [0.2, 0.25) is 0 Å². The van der Waals surface area contributed by atoms with Gasteiger partial charge in [-0.3, -0.25) is 0 Å². The second kappa shape index (κ2) is 5.21. The molecule has 1 saturated heterocycles. The summed E-state index contributed by atoms with van der Waals surface area (Å²) in [5.74, 6) is 0.0608. The molecule has 1 fully saturated rings. The van der Waals surface area contributed by atoms with Gasteiger partial charge in [0.05, 0.1) is 0 Å². The zero-order valence-electron chi connectivity index (χ0n) is 9.16. The number of aldehydes is 1. The van der Waals surface area contributed by atoms with Crippen LogP contribution in [0.1, 0.15) is 24.3 Å². The van der Waals surface area contributed by atoms with Crippen LogP contribution in [0.4, 0.5) is 4.39 Å². The third-order valence-electron chi connectivity index (χ3n) is 3.29. The van der Waals surface area contributed by atoms with Gasteiger partial charge in [0.2, 0.25) is 0 Å². The minimum absolute atomic E-state index is 0.0808. The Labute approximate surface area is 94.9 Å². The van der Waals surface area contributed by atoms with Crippen molar-refractivity contribution in [3.8, 4) is 0 Å². The van der Waals surface area contributed by atoms with E-state index in [0.717, 1.165) is 37.8 Å². The molecule has 0 spiro atoms. The molecule has 1 atom stereocenters. The van der Waals surface area contributed by atoms with Gasteiger partial charge >= 0.3 is 0 Å². The second-order valence-corrected chi connectivity index (χ2v) is 4.30. The van der Waals surface area contributed by atoms with E-state index in [4.69, 9.17) is 0 Å². The van der Waals surface area contributed by atoms with Crippen LogP contribution in [0.5, 0.6) is 0 Å². The molecule has 1 N–H and O–H groups in total. The molecule has 16 heavy (non-hydrogen) atoms. The smallest absolute Gasteiger partial charge is 0.127 e. The summed E-state index contributed by atoms with van der Waals surface area (Å²) in [4.78, 5) is 11.2. The van der Waals surface area contributed by atoms with E-state index in [2.05, 4.69) is 5.32 Å². The Balaban J connectivity index is 2.14. The van der Waals surface area contributed by atoms with Gasteiger partial charge in [0.1, 0.15) is 12.1 Å². The highest BCUT2D eigenvalue weighted by Crippen LogP contribution is 2.29. The average Bonchev–Trinajstić information content (AvgIpc) is 2.34. The van der Waals surface area contributed by atoms with E-state index in [1.807, 2.05) is 0 Å². The fourth-order valence-corrected chi connectivity index (χ4v) is 2.35. The Morgan fingerprint density at radius 2 is 1.88 bits per heavy atom. The van der Waals surface area contributed by atoms with Gasteiger partial charge in [-0.15, -0.1) is 0 Å². The number of halogens is 1. The van der Waals surface area contributed by atoms with Crippen molar-refractivity contribution in [3.63, 3.8) is 0 Å². The summed E-state index contributed by atoms with van der Waals surface area (Å²) in [5.41, 5.74) is 0.934. The highest BCUT2D eigenvalue weighted by Gasteiger charge is 2.24. The van der Waals surface area contributed by atoms with Gasteiger partial charge in [0.15, 0.2) is 0 Å². The lowest BCUT2D eigenvalue weighted by Gasteiger charge is -2.27. The zero-order valence-corrected chi connectivity index (χ0v) is 9.16. The maximum atomic E-state index is 12.8. The molecule has 3 heteroatoms. The largest absolute Gasteiger partial charge is 0.317 e. The summed E-state index contributed by atoms with van der Waals surface area (Å²) in [5, 5.41) is 3.28. The molecule has 0 radical (unpaired) electrons. The number of rotatable bonds is 3. The first-order chi connectivity index (χ1) is 7.81. The molecule has 1 aromatic rings. The average molecular weight is 221 g/mol. The third kappa shape index (κ3) is 2.47. The van der Waals surface area contributed by atoms with Gasteiger partial charge in [-0.25, -0.2) is 4.39 Å². The monoisotopic (exact) mass is 221 g/mol. The van der Waals surface area contributed by atoms with Crippen molar-refractivity contribution in [1.82, 2.24) is 5.32 Å². The van der Waals surface area contributed by atoms with Crippen LogP contribution in [0.3, 0.4) is 0 Å². The lowest BCUT2D eigenvalue weighted by Crippen LogP contribution is -2.31. The van der Waals surface area contributed by atoms with Crippen molar-refractivity contribution in [2.45, 2.75) is 18.8 Å². The van der Waals surface area contributed by atoms with Crippen molar-refractivity contribution in [1.29, 1.82) is 0 Å². The van der Waals surface area contributed by atoms with Gasteiger partial charge in [0.25, 0.3) is 0 Å². The summed E-state index contributed by atoms with van der Waals surface area (Å²) in [6, 6.07) is 6.28. The Morgan fingerprint density at radius 3 is 2.44 bits per heavy atom. The van der Waals surface area contributed by atoms with Crippen LogP contribution in [0.25, 0.3) is 0 Å². The van der Waals surface area contributed by atoms with Crippen LogP contribution in [-0.2, 0) is 4.79 Å². The van der Waals surface area contributed by atoms with E-state index in [-0.39, 0.29) is 11.7 Å². The Morgan fingerprint density at radius 1 is 1.25 bits per heavy atom. The van der Waals surface area contributed by atoms with E-state index in [0.29, 0.717) is 5.92 Å². The van der Waals surface area contributed by atoms with Crippen molar-refractivity contribution < 1.29 is 9.18 Å². The normalized spacial score (nSPS) is 19.3. The van der Waals surface area contributed by atoms with Gasteiger partial charge in [-0.1, -0.05) is 12.1 Å². The molecule has 1 aliphatic heterocycles. The van der Waals surface area contributed by atoms with Crippen LogP contribution < -0.4 is 5.32 Å². The van der Waals surface area contributed by atoms with Crippen LogP contribution in [-0.4, -0.2) is 19.4 Å². The topological polar surface area (TPSA) is 29.1 Å². The van der Waals surface area contributed by atoms with Crippen LogP contribution in [0.15, 0.2) is 24.3 Å². The Hall–Kier alpha value is -1.22. The van der Waals surface area contributed by atoms with Gasteiger partial charge in [-0.2, -0.15) is 0 Å². The number of carbonyl (C=O) groups excluding carboxylic acids is 1. The van der Waals surface area contributed by atoms with Gasteiger partial charge in [0, 0.05) is 5.92 Å². The molecule has 1 unspecified atom stereocenters. The summed E-state index contributed by atoms with van der Waals surface area (Å²) in [7, 11) is 0. The van der Waals surface area contributed by atoms with E-state index < -0.39 is 0 Å². The van der Waals surface area contributed by atoms with Crippen LogP contribution in [0, 0.1) is 11.7 Å². The van der Waals surface area contributed by atoms with Crippen molar-refractivity contribution in [2.24, 2.45) is 5.92 Å². The molecule has 0 saturated carbocycles. The summed E-state index contributed by atoms with van der Waals surface area (Å²) >= 11 is 0. The van der Waals surface area contributed by atoms with E-state index in [1.54, 1.807) is 12.1 Å². The lowest BCUT2D eigenvalue weighted by atomic mass is 9.81. The molecule has 0 amide bonds. The molecule has 2 rings (SSSR count). The van der Waals surface area contributed by atoms with E-state index >= 15 is 0 Å². The molecule has 0 aliphatic carbocycles. The summed E-state index contributed by atoms with van der Waals surface area (Å²) < 4.78 is 12.8. The molecule has 0 bridgehead atoms. The molecule has 0 aromatic heterocycles. The van der Waals surface area contributed by atoms with E-state index in [1.165, 1.54) is 12.1 Å². The quantitative estimate of drug-likeness (QED) is 0.792. The fourth-order valence-electron chi connectivity index (χ4n) is 2.35. The summed E-state index contributed by atoms with van der Waals surface area (Å²) in [6.07, 6.45) is 3.03. The number of piperidine rings is 1. The van der Waals surface area contributed by atoms with Gasteiger partial charge < -0.3 is 10.1 Å². The first-order valence-electron chi connectivity index (χ1n) is 5.72. The highest BCUT2D eigenvalue weighted by atomic mass is 19.1. The minimum Gasteiger partial charge on any atom is -0.317 e. The molecule has 86 valence electrons. The van der Waals surface area contributed by atoms with Crippen molar-refractivity contribution in [2.75, 3.05) is 13.1 Å². The molecule has 1 aromatic carbocycles. The number of hydrogen-bond donors (Lipinski definition) is 1. The first kappa shape index (κ1) is 11.3. The number of carbonyl (C=O) groups is 1. The van der Waals surface area contributed by atoms with E-state index in [9.17, 15) is 9.18 Å². The molecule has 1 aliphatic rings. The molecular weight excluding hydrogens is 205 g/mol. The molecule has 2 nitrogen and oxygen atoms in total. The summed E-state index contributed by atoms with van der Waals surface area (Å²) in [6.45, 7) is 1.94. The number of benzene rings is 1. The zero-order chi connectivity index (χ0) is 11.4. The number of hydrogen-bond acceptors (Lipinski definition) is 2. The number of nitrogens with one attached hydrogen (secondary N) is 1. The molecular formula is C13H16FNO. The Kier molecular flexibility index (Phi) is 3.67. The third-order valence-corrected chi connectivity index (χ3v) is 3.29. The minimum atomic E-state index is -0.251. The maximum absolute atomic E-state index is 12.8. The predicted molar refractivity (Wildman–Crippen MR) is 60.8 cm³/mol. The molecule has 1 heterocycles. The standard InChI is InChI=1S/C13H16FNO/c14-12-3-1-10(2-4-12)13(9-16)11-5-7-15-8-6-11/h1-4,9,11,13,15H,5-8H2. The van der Waals surface area contributed by atoms with Crippen molar-refractivity contribution in [3.05, 3.63) is 35.6 Å². The van der Waals surface area contributed by atoms with Crippen LogP contribution >= 0.6 is 0 Å².